The molecule has 0 saturated heterocycles. The van der Waals surface area contributed by atoms with E-state index >= 15 is 0 Å². The molecule has 0 aliphatic rings. The van der Waals surface area contributed by atoms with Crippen molar-refractivity contribution in [1.82, 2.24) is 0 Å². The van der Waals surface area contributed by atoms with Crippen molar-refractivity contribution in [3.8, 4) is 0 Å². The number of nitrogens with two attached hydrogens (primary N) is 1. The zero-order chi connectivity index (χ0) is 10.6. The number of benzene rings is 1. The molecule has 0 aliphatic heterocycles. The number of nitrogens with one attached hydrogen (secondary N) is 1. The molecule has 1 rings (SSSR count). The first kappa shape index (κ1) is 10.9. The second-order valence-corrected chi connectivity index (χ2v) is 3.43. The molecule has 0 unspecified atom stereocenters. The average molecular weight is 212 g/mol. The van der Waals surface area contributed by atoms with Crippen LogP contribution in [0.25, 0.3) is 0 Å². The van der Waals surface area contributed by atoms with Crippen LogP contribution < -0.4 is 11.1 Å². The molecule has 3 N–H and O–H groups in total. The highest BCUT2D eigenvalue weighted by Crippen LogP contribution is 2.15. The van der Waals surface area contributed by atoms with Crippen LogP contribution in [0.1, 0.15) is 18.9 Å². The molecule has 0 heterocycles. The van der Waals surface area contributed by atoms with E-state index in [0.29, 0.717) is 11.3 Å². The van der Waals surface area contributed by atoms with Gasteiger partial charge in [-0.15, -0.1) is 0 Å². The van der Waals surface area contributed by atoms with E-state index in [4.69, 9.17) is 18.0 Å². The third-order valence-corrected chi connectivity index (χ3v) is 2.05. The van der Waals surface area contributed by atoms with Crippen molar-refractivity contribution in [2.75, 3.05) is 11.9 Å². The monoisotopic (exact) mass is 212 g/mol. The Balaban J connectivity index is 2.84. The van der Waals surface area contributed by atoms with Gasteiger partial charge in [0, 0.05) is 12.1 Å². The smallest absolute Gasteiger partial charge is 0.146 e. The SMILES string of the molecule is CCCNc1ccc(C(N)=S)cc1F. The summed E-state index contributed by atoms with van der Waals surface area (Å²) >= 11 is 4.74. The molecule has 0 aliphatic carbocycles. The minimum Gasteiger partial charge on any atom is -0.389 e. The summed E-state index contributed by atoms with van der Waals surface area (Å²) in [5.74, 6) is -0.316. The maximum Gasteiger partial charge on any atom is 0.146 e. The van der Waals surface area contributed by atoms with E-state index in [-0.39, 0.29) is 10.8 Å². The fourth-order valence-electron chi connectivity index (χ4n) is 1.07. The lowest BCUT2D eigenvalue weighted by Crippen LogP contribution is -2.10. The summed E-state index contributed by atoms with van der Waals surface area (Å²) in [5.41, 5.74) is 6.42. The highest BCUT2D eigenvalue weighted by atomic mass is 32.1. The Morgan fingerprint density at radius 1 is 1.57 bits per heavy atom. The van der Waals surface area contributed by atoms with Gasteiger partial charge in [0.1, 0.15) is 10.8 Å². The van der Waals surface area contributed by atoms with E-state index in [0.717, 1.165) is 13.0 Å². The highest BCUT2D eigenvalue weighted by molar-refractivity contribution is 7.80. The quantitative estimate of drug-likeness (QED) is 0.752. The van der Waals surface area contributed by atoms with Gasteiger partial charge in [-0.25, -0.2) is 4.39 Å². The Morgan fingerprint density at radius 3 is 2.79 bits per heavy atom. The molecule has 2 nitrogen and oxygen atoms in total. The molecule has 14 heavy (non-hydrogen) atoms. The summed E-state index contributed by atoms with van der Waals surface area (Å²) in [6, 6.07) is 4.71. The topological polar surface area (TPSA) is 38.0 Å². The number of rotatable bonds is 4. The number of halogens is 1. The van der Waals surface area contributed by atoms with Gasteiger partial charge in [-0.3, -0.25) is 0 Å². The van der Waals surface area contributed by atoms with Gasteiger partial charge >= 0.3 is 0 Å². The predicted octanol–water partition coefficient (Wildman–Crippen LogP) is 2.28. The standard InChI is InChI=1S/C10H13FN2S/c1-2-5-13-9-4-3-7(10(12)14)6-8(9)11/h3-4,6,13H,2,5H2,1H3,(H2,12,14). The van der Waals surface area contributed by atoms with Gasteiger partial charge in [-0.2, -0.15) is 0 Å². The van der Waals surface area contributed by atoms with Gasteiger partial charge in [-0.1, -0.05) is 19.1 Å². The van der Waals surface area contributed by atoms with Gasteiger partial charge < -0.3 is 11.1 Å². The minimum absolute atomic E-state index is 0.214. The number of anilines is 1. The van der Waals surface area contributed by atoms with Crippen LogP contribution in [-0.4, -0.2) is 11.5 Å². The van der Waals surface area contributed by atoms with E-state index in [9.17, 15) is 4.39 Å². The summed E-state index contributed by atoms with van der Waals surface area (Å²) in [5, 5.41) is 2.97. The Kier molecular flexibility index (Phi) is 3.83. The largest absolute Gasteiger partial charge is 0.389 e. The molecule has 0 fully saturated rings. The van der Waals surface area contributed by atoms with Gasteiger partial charge in [0.15, 0.2) is 0 Å². The summed E-state index contributed by atoms with van der Waals surface area (Å²) in [6.07, 6.45) is 0.955. The maximum atomic E-state index is 13.4. The summed E-state index contributed by atoms with van der Waals surface area (Å²) < 4.78 is 13.4. The zero-order valence-corrected chi connectivity index (χ0v) is 8.83. The van der Waals surface area contributed by atoms with Crippen molar-refractivity contribution >= 4 is 22.9 Å². The fraction of sp³-hybridized carbons (Fsp3) is 0.300. The predicted molar refractivity (Wildman–Crippen MR) is 61.1 cm³/mol. The first-order valence-electron chi connectivity index (χ1n) is 4.48. The van der Waals surface area contributed by atoms with E-state index in [1.54, 1.807) is 12.1 Å². The molecule has 0 atom stereocenters. The van der Waals surface area contributed by atoms with Crippen molar-refractivity contribution in [2.24, 2.45) is 5.73 Å². The van der Waals surface area contributed by atoms with Crippen LogP contribution in [0.5, 0.6) is 0 Å². The zero-order valence-electron chi connectivity index (χ0n) is 8.01. The number of hydrogen-bond acceptors (Lipinski definition) is 2. The van der Waals surface area contributed by atoms with Crippen molar-refractivity contribution in [3.63, 3.8) is 0 Å². The van der Waals surface area contributed by atoms with E-state index in [1.807, 2.05) is 6.92 Å². The Labute approximate surface area is 88.3 Å². The summed E-state index contributed by atoms with van der Waals surface area (Å²) in [6.45, 7) is 2.78. The molecular formula is C10H13FN2S. The van der Waals surface area contributed by atoms with Crippen LogP contribution in [0.4, 0.5) is 10.1 Å². The Hall–Kier alpha value is -1.16. The lowest BCUT2D eigenvalue weighted by molar-refractivity contribution is 0.629. The number of hydrogen-bond donors (Lipinski definition) is 2. The summed E-state index contributed by atoms with van der Waals surface area (Å²) in [4.78, 5) is 0.214. The normalized spacial score (nSPS) is 9.86. The van der Waals surface area contributed by atoms with Crippen molar-refractivity contribution in [1.29, 1.82) is 0 Å². The Morgan fingerprint density at radius 2 is 2.29 bits per heavy atom. The van der Waals surface area contributed by atoms with Crippen LogP contribution >= 0.6 is 12.2 Å². The highest BCUT2D eigenvalue weighted by Gasteiger charge is 2.03. The molecule has 0 radical (unpaired) electrons. The van der Waals surface area contributed by atoms with Crippen LogP contribution in [0.2, 0.25) is 0 Å². The molecular weight excluding hydrogens is 199 g/mol. The van der Waals surface area contributed by atoms with E-state index in [1.165, 1.54) is 6.07 Å². The van der Waals surface area contributed by atoms with Gasteiger partial charge in [0.25, 0.3) is 0 Å². The van der Waals surface area contributed by atoms with Gasteiger partial charge in [0.05, 0.1) is 5.69 Å². The van der Waals surface area contributed by atoms with Crippen molar-refractivity contribution in [2.45, 2.75) is 13.3 Å². The summed E-state index contributed by atoms with van der Waals surface area (Å²) in [7, 11) is 0. The van der Waals surface area contributed by atoms with Gasteiger partial charge in [-0.05, 0) is 24.6 Å². The lowest BCUT2D eigenvalue weighted by Gasteiger charge is -2.07. The molecule has 0 amide bonds. The molecule has 4 heteroatoms. The number of thiocarbonyl (C=S) groups is 1. The first-order chi connectivity index (χ1) is 6.65. The molecule has 0 aromatic heterocycles. The maximum absolute atomic E-state index is 13.4. The van der Waals surface area contributed by atoms with Crippen LogP contribution in [0, 0.1) is 5.82 Å². The molecule has 76 valence electrons. The molecule has 0 bridgehead atoms. The molecule has 0 saturated carbocycles. The van der Waals surface area contributed by atoms with Crippen LogP contribution in [0.15, 0.2) is 18.2 Å². The minimum atomic E-state index is -0.316. The molecule has 1 aromatic carbocycles. The van der Waals surface area contributed by atoms with Crippen LogP contribution in [0.3, 0.4) is 0 Å². The molecule has 0 spiro atoms. The van der Waals surface area contributed by atoms with E-state index < -0.39 is 0 Å². The Bertz CT molecular complexity index is 339. The van der Waals surface area contributed by atoms with Crippen molar-refractivity contribution in [3.05, 3.63) is 29.6 Å². The third kappa shape index (κ3) is 2.67. The third-order valence-electron chi connectivity index (χ3n) is 1.82. The van der Waals surface area contributed by atoms with Crippen LogP contribution in [-0.2, 0) is 0 Å². The second kappa shape index (κ2) is 4.91. The van der Waals surface area contributed by atoms with Crippen molar-refractivity contribution < 1.29 is 4.39 Å². The average Bonchev–Trinajstić information content (AvgIpc) is 2.15. The molecule has 1 aromatic rings. The fourth-order valence-corrected chi connectivity index (χ4v) is 1.20. The second-order valence-electron chi connectivity index (χ2n) is 2.99. The van der Waals surface area contributed by atoms with E-state index in [2.05, 4.69) is 5.32 Å². The first-order valence-corrected chi connectivity index (χ1v) is 4.89. The lowest BCUT2D eigenvalue weighted by atomic mass is 10.2. The van der Waals surface area contributed by atoms with Gasteiger partial charge in [0.2, 0.25) is 0 Å².